The molecule has 6 rings (SSSR count). The number of urea groups is 1. The standard InChI is InChI=1S/C38H46N8O5S/c1-23-33(52-22-40-23)25-12-9-24(10-13-25)11-14-32(49)29-19-26(47)21-46(29)36(50)34(38(2,3)4)41-37(51)45-17-15-44(16-18-45)30-20-28(42-43-35(30)39)27-7-5-6-8-31(27)48/h5-10,12-13,20,22,26,29,34,47-48H,11,14-19,21H2,1-4H3,(H2,39,43)(H,41,51)/t26-,29+,34-/m1/s1. The highest BCUT2D eigenvalue weighted by molar-refractivity contribution is 7.13. The molecule has 2 aromatic carbocycles. The number of para-hydroxylation sites is 1. The number of aryl methyl sites for hydroxylation is 2. The number of hydrogen-bond donors (Lipinski definition) is 4. The van der Waals surface area contributed by atoms with Gasteiger partial charge in [-0.05, 0) is 48.1 Å². The first-order valence-corrected chi connectivity index (χ1v) is 18.4. The van der Waals surface area contributed by atoms with Gasteiger partial charge in [0.15, 0.2) is 11.6 Å². The van der Waals surface area contributed by atoms with Gasteiger partial charge < -0.3 is 36.0 Å². The Bertz CT molecular complexity index is 1920. The first-order valence-electron chi connectivity index (χ1n) is 17.5. The third-order valence-electron chi connectivity index (χ3n) is 9.83. The number of likely N-dealkylation sites (tertiary alicyclic amines) is 1. The number of nitrogens with two attached hydrogens (primary N) is 1. The lowest BCUT2D eigenvalue weighted by atomic mass is 9.85. The van der Waals surface area contributed by atoms with Crippen molar-refractivity contribution in [2.45, 2.75) is 65.1 Å². The van der Waals surface area contributed by atoms with Gasteiger partial charge in [0.2, 0.25) is 5.91 Å². The largest absolute Gasteiger partial charge is 0.507 e. The van der Waals surface area contributed by atoms with E-state index in [1.54, 1.807) is 46.6 Å². The van der Waals surface area contributed by atoms with Gasteiger partial charge in [0.05, 0.1) is 39.6 Å². The fourth-order valence-electron chi connectivity index (χ4n) is 6.84. The van der Waals surface area contributed by atoms with E-state index in [4.69, 9.17) is 5.73 Å². The molecule has 5 N–H and O–H groups in total. The van der Waals surface area contributed by atoms with Crippen molar-refractivity contribution in [1.29, 1.82) is 0 Å². The number of carbonyl (C=O) groups is 3. The molecule has 0 unspecified atom stereocenters. The monoisotopic (exact) mass is 726 g/mol. The van der Waals surface area contributed by atoms with Crippen molar-refractivity contribution in [2.24, 2.45) is 5.41 Å². The fraction of sp³-hybridized carbons (Fsp3) is 0.421. The number of nitrogens with one attached hydrogen (secondary N) is 1. The number of rotatable bonds is 9. The lowest BCUT2D eigenvalue weighted by Gasteiger charge is -2.39. The van der Waals surface area contributed by atoms with Gasteiger partial charge in [-0.25, -0.2) is 9.78 Å². The summed E-state index contributed by atoms with van der Waals surface area (Å²) >= 11 is 1.59. The lowest BCUT2D eigenvalue weighted by molar-refractivity contribution is -0.141. The van der Waals surface area contributed by atoms with Crippen LogP contribution in [0.3, 0.4) is 0 Å². The van der Waals surface area contributed by atoms with Crippen molar-refractivity contribution < 1.29 is 24.6 Å². The van der Waals surface area contributed by atoms with Gasteiger partial charge >= 0.3 is 6.03 Å². The first-order chi connectivity index (χ1) is 24.8. The molecule has 274 valence electrons. The molecule has 0 bridgehead atoms. The average Bonchev–Trinajstić information content (AvgIpc) is 3.74. The van der Waals surface area contributed by atoms with E-state index in [2.05, 4.69) is 20.5 Å². The van der Waals surface area contributed by atoms with E-state index in [1.807, 2.05) is 62.4 Å². The van der Waals surface area contributed by atoms with Crippen LogP contribution in [0.15, 0.2) is 60.1 Å². The summed E-state index contributed by atoms with van der Waals surface area (Å²) in [6.45, 7) is 9.26. The van der Waals surface area contributed by atoms with Crippen molar-refractivity contribution in [2.75, 3.05) is 43.4 Å². The normalized spacial score (nSPS) is 18.4. The molecule has 13 nitrogen and oxygen atoms in total. The highest BCUT2D eigenvalue weighted by atomic mass is 32.1. The third-order valence-corrected chi connectivity index (χ3v) is 10.8. The summed E-state index contributed by atoms with van der Waals surface area (Å²) in [5.74, 6) is -0.170. The molecule has 14 heteroatoms. The highest BCUT2D eigenvalue weighted by Gasteiger charge is 2.44. The van der Waals surface area contributed by atoms with Crippen LogP contribution in [-0.4, -0.2) is 104 Å². The Balaban J connectivity index is 1.07. The van der Waals surface area contributed by atoms with E-state index in [0.29, 0.717) is 49.5 Å². The second kappa shape index (κ2) is 15.3. The molecule has 4 aromatic rings. The topological polar surface area (TPSA) is 178 Å². The number of β-amino-alcohol motifs (C(OH)–C–C–N with tert-alkyl or cyclic N) is 1. The second-order valence-corrected chi connectivity index (χ2v) is 15.4. The van der Waals surface area contributed by atoms with Gasteiger partial charge in [0.1, 0.15) is 11.8 Å². The minimum Gasteiger partial charge on any atom is -0.507 e. The maximum Gasteiger partial charge on any atom is 0.318 e. The Kier molecular flexibility index (Phi) is 10.8. The second-order valence-electron chi connectivity index (χ2n) is 14.6. The number of aromatic hydroxyl groups is 1. The molecule has 0 aliphatic carbocycles. The fourth-order valence-corrected chi connectivity index (χ4v) is 7.66. The van der Waals surface area contributed by atoms with Gasteiger partial charge in [-0.2, -0.15) is 0 Å². The zero-order chi connectivity index (χ0) is 37.2. The van der Waals surface area contributed by atoms with Gasteiger partial charge in [-0.15, -0.1) is 21.5 Å². The molecule has 2 aromatic heterocycles. The molecule has 2 aliphatic heterocycles. The molecule has 2 fully saturated rings. The van der Waals surface area contributed by atoms with Crippen LogP contribution in [0.5, 0.6) is 5.75 Å². The number of anilines is 2. The number of ketones is 1. The number of hydrogen-bond acceptors (Lipinski definition) is 11. The zero-order valence-corrected chi connectivity index (χ0v) is 30.8. The van der Waals surface area contributed by atoms with Crippen molar-refractivity contribution in [3.63, 3.8) is 0 Å². The number of aromatic nitrogens is 3. The van der Waals surface area contributed by atoms with E-state index in [-0.39, 0.29) is 48.7 Å². The molecule has 0 spiro atoms. The molecular formula is C38H46N8O5S. The Labute approximate surface area is 307 Å². The van der Waals surface area contributed by atoms with Crippen LogP contribution < -0.4 is 16.0 Å². The van der Waals surface area contributed by atoms with Crippen LogP contribution in [0.1, 0.15) is 44.9 Å². The van der Waals surface area contributed by atoms with Gasteiger partial charge in [-0.3, -0.25) is 9.59 Å². The summed E-state index contributed by atoms with van der Waals surface area (Å²) in [7, 11) is 0. The van der Waals surface area contributed by atoms with Crippen molar-refractivity contribution in [3.8, 4) is 27.4 Å². The minimum atomic E-state index is -0.928. The Morgan fingerprint density at radius 2 is 1.75 bits per heavy atom. The van der Waals surface area contributed by atoms with Crippen LogP contribution in [0.2, 0.25) is 0 Å². The van der Waals surface area contributed by atoms with Crippen molar-refractivity contribution in [3.05, 3.63) is 71.4 Å². The number of benzene rings is 2. The summed E-state index contributed by atoms with van der Waals surface area (Å²) in [5.41, 5.74) is 12.1. The van der Waals surface area contributed by atoms with Gasteiger partial charge in [-0.1, -0.05) is 57.2 Å². The smallest absolute Gasteiger partial charge is 0.318 e. The lowest BCUT2D eigenvalue weighted by Crippen LogP contribution is -2.60. The SMILES string of the molecule is Cc1ncsc1-c1ccc(CCC(=O)[C@@H]2C[C@@H](O)CN2C(=O)[C@@H](NC(=O)N2CCN(c3cc(-c4ccccc4O)nnc3N)CC2)C(C)(C)C)cc1. The van der Waals surface area contributed by atoms with Crippen molar-refractivity contribution >= 4 is 40.6 Å². The zero-order valence-electron chi connectivity index (χ0n) is 30.0. The average molecular weight is 727 g/mol. The Morgan fingerprint density at radius 3 is 2.40 bits per heavy atom. The van der Waals surface area contributed by atoms with E-state index in [0.717, 1.165) is 21.7 Å². The molecule has 0 radical (unpaired) electrons. The van der Waals surface area contributed by atoms with E-state index in [9.17, 15) is 24.6 Å². The van der Waals surface area contributed by atoms with Crippen molar-refractivity contribution in [1.82, 2.24) is 30.3 Å². The Hall–Kier alpha value is -5.08. The molecule has 0 saturated carbocycles. The number of Topliss-reactive ketones (excluding diaryl/α,β-unsaturated/α-hetero) is 1. The molecule has 2 saturated heterocycles. The number of phenolic OH excluding ortho intramolecular Hbond substituents is 1. The number of nitrogens with zero attached hydrogens (tertiary/aromatic N) is 6. The number of amides is 3. The number of aliphatic hydroxyl groups excluding tert-OH is 1. The van der Waals surface area contributed by atoms with Crippen LogP contribution in [0.4, 0.5) is 16.3 Å². The van der Waals surface area contributed by atoms with Gasteiger partial charge in [0.25, 0.3) is 0 Å². The number of carbonyl (C=O) groups excluding carboxylic acids is 3. The van der Waals surface area contributed by atoms with Crippen LogP contribution in [0.25, 0.3) is 21.7 Å². The highest BCUT2D eigenvalue weighted by Crippen LogP contribution is 2.33. The molecule has 3 amide bonds. The van der Waals surface area contributed by atoms with E-state index >= 15 is 0 Å². The van der Waals surface area contributed by atoms with Crippen LogP contribution >= 0.6 is 11.3 Å². The minimum absolute atomic E-state index is 0.0311. The predicted octanol–water partition coefficient (Wildman–Crippen LogP) is 4.27. The third kappa shape index (κ3) is 8.02. The maximum atomic E-state index is 14.1. The number of aliphatic hydroxyl groups is 1. The van der Waals surface area contributed by atoms with E-state index < -0.39 is 23.6 Å². The summed E-state index contributed by atoms with van der Waals surface area (Å²) < 4.78 is 0. The van der Waals surface area contributed by atoms with Crippen LogP contribution in [-0.2, 0) is 16.0 Å². The maximum absolute atomic E-state index is 14.1. The quantitative estimate of drug-likeness (QED) is 0.195. The first kappa shape index (κ1) is 36.7. The molecule has 4 heterocycles. The Morgan fingerprint density at radius 1 is 1.04 bits per heavy atom. The van der Waals surface area contributed by atoms with E-state index in [1.165, 1.54) is 4.90 Å². The number of nitrogen functional groups attached to an aromatic ring is 1. The summed E-state index contributed by atoms with van der Waals surface area (Å²) in [6.07, 6.45) is 0.0748. The van der Waals surface area contributed by atoms with Gasteiger partial charge in [0, 0.05) is 51.1 Å². The molecule has 3 atom stereocenters. The number of piperazine rings is 1. The molecule has 52 heavy (non-hydrogen) atoms. The van der Waals surface area contributed by atoms with Crippen LogP contribution in [0, 0.1) is 12.3 Å². The molecular weight excluding hydrogens is 681 g/mol. The number of thiazole rings is 1. The number of phenols is 1. The summed E-state index contributed by atoms with van der Waals surface area (Å²) in [4.78, 5) is 51.9. The molecule has 2 aliphatic rings. The predicted molar refractivity (Wildman–Crippen MR) is 201 cm³/mol. The summed E-state index contributed by atoms with van der Waals surface area (Å²) in [6, 6.07) is 14.6. The summed E-state index contributed by atoms with van der Waals surface area (Å²) in [5, 5.41) is 32.2.